The largest absolute Gasteiger partial charge is 0.416 e. The van der Waals surface area contributed by atoms with Crippen LogP contribution in [0.2, 0.25) is 5.02 Å². The van der Waals surface area contributed by atoms with Crippen molar-refractivity contribution in [3.63, 3.8) is 0 Å². The molecule has 1 heterocycles. The molecule has 0 bridgehead atoms. The topological polar surface area (TPSA) is 103 Å². The molecule has 0 saturated carbocycles. The van der Waals surface area contributed by atoms with Crippen LogP contribution < -0.4 is 15.4 Å². The fraction of sp³-hybridized carbons (Fsp3) is 0.100. The molecule has 1 atom stereocenters. The van der Waals surface area contributed by atoms with E-state index >= 15 is 0 Å². The molecular weight excluding hydrogens is 469 g/mol. The normalized spacial score (nSPS) is 13.2. The number of carbonyl (C=O) groups is 1. The SMILES string of the molecule is O=C(NCc1ccc(N[S+](=O)(O)c2cc(C(F)(F)F)ccc2Cl)cc1)Nc1ccncc1. The van der Waals surface area contributed by atoms with Crippen LogP contribution in [0.1, 0.15) is 11.1 Å². The smallest absolute Gasteiger partial charge is 0.334 e. The second kappa shape index (κ2) is 9.55. The molecule has 1 aromatic heterocycles. The lowest BCUT2D eigenvalue weighted by atomic mass is 10.2. The van der Waals surface area contributed by atoms with Crippen LogP contribution in [0.25, 0.3) is 0 Å². The van der Waals surface area contributed by atoms with E-state index in [1.54, 1.807) is 24.3 Å². The third kappa shape index (κ3) is 6.19. The van der Waals surface area contributed by atoms with E-state index in [2.05, 4.69) is 20.3 Å². The molecule has 7 nitrogen and oxygen atoms in total. The first-order valence-corrected chi connectivity index (χ1v) is 10.9. The summed E-state index contributed by atoms with van der Waals surface area (Å²) in [5, 5.41) is 5.00. The zero-order chi connectivity index (χ0) is 23.4. The first kappa shape index (κ1) is 23.5. The van der Waals surface area contributed by atoms with Gasteiger partial charge >= 0.3 is 22.6 Å². The summed E-state index contributed by atoms with van der Waals surface area (Å²) in [5.41, 5.74) is 0.341. The Kier molecular flexibility index (Phi) is 7.02. The van der Waals surface area contributed by atoms with Gasteiger partial charge in [0.2, 0.25) is 4.90 Å². The first-order valence-electron chi connectivity index (χ1n) is 8.99. The van der Waals surface area contributed by atoms with Crippen LogP contribution in [0.5, 0.6) is 0 Å². The summed E-state index contributed by atoms with van der Waals surface area (Å²) in [5.74, 6) is 0. The summed E-state index contributed by atoms with van der Waals surface area (Å²) in [6.45, 7) is 0.172. The summed E-state index contributed by atoms with van der Waals surface area (Å²) in [6, 6.07) is 11.1. The van der Waals surface area contributed by atoms with Crippen molar-refractivity contribution in [1.29, 1.82) is 0 Å². The maximum atomic E-state index is 12.9. The third-order valence-electron chi connectivity index (χ3n) is 4.16. The van der Waals surface area contributed by atoms with E-state index in [-0.39, 0.29) is 17.3 Å². The number of nitrogens with zero attached hydrogens (tertiary/aromatic N) is 1. The van der Waals surface area contributed by atoms with E-state index in [0.717, 1.165) is 12.1 Å². The fourth-order valence-corrected chi connectivity index (χ4v) is 4.21. The summed E-state index contributed by atoms with van der Waals surface area (Å²) < 4.78 is 64.1. The Morgan fingerprint density at radius 1 is 1.03 bits per heavy atom. The maximum absolute atomic E-state index is 12.9. The standard InChI is InChI=1S/C20H16ClF3N4O3S/c21-17-6-3-14(20(22,23)24)11-18(17)32(30,31)28-16-4-1-13(2-5-16)12-26-19(29)27-15-7-9-25-10-8-15/h1-11H,12H2,(H3-,25,26,27,28,29,30,31)/p+1. The van der Waals surface area contributed by atoms with E-state index in [0.29, 0.717) is 17.3 Å². The molecule has 2 amide bonds. The predicted molar refractivity (Wildman–Crippen MR) is 116 cm³/mol. The van der Waals surface area contributed by atoms with E-state index in [1.807, 2.05) is 0 Å². The van der Waals surface area contributed by atoms with Gasteiger partial charge in [-0.2, -0.15) is 22.4 Å². The van der Waals surface area contributed by atoms with Crippen LogP contribution in [-0.4, -0.2) is 15.6 Å². The van der Waals surface area contributed by atoms with Gasteiger partial charge in [0.05, 0.1) is 11.3 Å². The molecule has 0 aliphatic carbocycles. The molecule has 0 fully saturated rings. The number of benzene rings is 2. The molecule has 0 saturated heterocycles. The van der Waals surface area contributed by atoms with E-state index in [1.165, 1.54) is 24.5 Å². The molecule has 0 aliphatic rings. The molecule has 3 aromatic rings. The van der Waals surface area contributed by atoms with Crippen molar-refractivity contribution in [3.05, 3.63) is 83.1 Å². The number of rotatable bonds is 6. The van der Waals surface area contributed by atoms with Gasteiger partial charge in [0.15, 0.2) is 0 Å². The number of amides is 2. The second-order valence-electron chi connectivity index (χ2n) is 6.51. The maximum Gasteiger partial charge on any atom is 0.416 e. The van der Waals surface area contributed by atoms with Crippen molar-refractivity contribution in [2.75, 3.05) is 10.0 Å². The van der Waals surface area contributed by atoms with Crippen molar-refractivity contribution < 1.29 is 26.7 Å². The van der Waals surface area contributed by atoms with Crippen LogP contribution in [0.3, 0.4) is 0 Å². The number of hydrogen-bond donors (Lipinski definition) is 4. The molecule has 3 rings (SSSR count). The Hall–Kier alpha value is -3.15. The van der Waals surface area contributed by atoms with Gasteiger partial charge < -0.3 is 10.6 Å². The Bertz CT molecular complexity index is 1150. The van der Waals surface area contributed by atoms with Crippen LogP contribution >= 0.6 is 11.6 Å². The minimum absolute atomic E-state index is 0.172. The highest BCUT2D eigenvalue weighted by Gasteiger charge is 2.38. The van der Waals surface area contributed by atoms with Crippen molar-refractivity contribution in [3.8, 4) is 0 Å². The van der Waals surface area contributed by atoms with E-state index < -0.39 is 33.1 Å². The Morgan fingerprint density at radius 2 is 1.69 bits per heavy atom. The van der Waals surface area contributed by atoms with E-state index in [9.17, 15) is 26.7 Å². The molecular formula is C20H17ClF3N4O3S+. The van der Waals surface area contributed by atoms with Gasteiger partial charge in [-0.25, -0.2) is 4.79 Å². The molecule has 0 radical (unpaired) electrons. The van der Waals surface area contributed by atoms with Crippen LogP contribution in [0, 0.1) is 0 Å². The zero-order valence-electron chi connectivity index (χ0n) is 16.2. The lowest BCUT2D eigenvalue weighted by Crippen LogP contribution is -2.28. The van der Waals surface area contributed by atoms with Gasteiger partial charge in [-0.1, -0.05) is 23.7 Å². The number of nitrogens with one attached hydrogen (secondary N) is 3. The van der Waals surface area contributed by atoms with Gasteiger partial charge in [0.25, 0.3) is 0 Å². The highest BCUT2D eigenvalue weighted by atomic mass is 35.5. The predicted octanol–water partition coefficient (Wildman–Crippen LogP) is 5.43. The van der Waals surface area contributed by atoms with Crippen molar-refractivity contribution in [2.24, 2.45) is 0 Å². The number of halogens is 4. The number of alkyl halides is 3. The number of urea groups is 1. The van der Waals surface area contributed by atoms with Crippen molar-refractivity contribution >= 4 is 39.4 Å². The van der Waals surface area contributed by atoms with Gasteiger partial charge in [-0.3, -0.25) is 4.98 Å². The first-order chi connectivity index (χ1) is 15.0. The summed E-state index contributed by atoms with van der Waals surface area (Å²) in [4.78, 5) is 15.2. The minimum atomic E-state index is -4.69. The summed E-state index contributed by atoms with van der Waals surface area (Å²) >= 11 is 5.86. The molecule has 4 N–H and O–H groups in total. The molecule has 1 unspecified atom stereocenters. The zero-order valence-corrected chi connectivity index (χ0v) is 17.8. The Labute approximate surface area is 187 Å². The highest BCUT2D eigenvalue weighted by molar-refractivity contribution is 7.99. The van der Waals surface area contributed by atoms with Crippen molar-refractivity contribution in [1.82, 2.24) is 10.3 Å². The number of anilines is 2. The Morgan fingerprint density at radius 3 is 2.31 bits per heavy atom. The summed E-state index contributed by atoms with van der Waals surface area (Å²) in [7, 11) is -4.12. The monoisotopic (exact) mass is 485 g/mol. The molecule has 0 aliphatic heterocycles. The van der Waals surface area contributed by atoms with Crippen molar-refractivity contribution in [2.45, 2.75) is 17.6 Å². The van der Waals surface area contributed by atoms with Crippen LogP contribution in [0.4, 0.5) is 29.3 Å². The molecule has 0 spiro atoms. The number of aromatic nitrogens is 1. The second-order valence-corrected chi connectivity index (χ2v) is 8.61. The molecule has 168 valence electrons. The average Bonchev–Trinajstić information content (AvgIpc) is 2.73. The third-order valence-corrected chi connectivity index (χ3v) is 6.05. The minimum Gasteiger partial charge on any atom is -0.334 e. The highest BCUT2D eigenvalue weighted by Crippen LogP contribution is 2.35. The van der Waals surface area contributed by atoms with Gasteiger partial charge in [-0.05, 0) is 46.2 Å². The van der Waals surface area contributed by atoms with Crippen LogP contribution in [0.15, 0.2) is 71.9 Å². The number of hydrogen-bond acceptors (Lipinski definition) is 3. The van der Waals surface area contributed by atoms with Gasteiger partial charge in [0, 0.05) is 30.7 Å². The lowest BCUT2D eigenvalue weighted by Gasteiger charge is -2.12. The lowest BCUT2D eigenvalue weighted by molar-refractivity contribution is -0.137. The van der Waals surface area contributed by atoms with Gasteiger partial charge in [0.1, 0.15) is 5.02 Å². The average molecular weight is 486 g/mol. The molecule has 32 heavy (non-hydrogen) atoms. The van der Waals surface area contributed by atoms with Gasteiger partial charge in [-0.15, -0.1) is 0 Å². The number of pyridine rings is 1. The quantitative estimate of drug-likeness (QED) is 0.349. The molecule has 12 heteroatoms. The van der Waals surface area contributed by atoms with E-state index in [4.69, 9.17) is 11.6 Å². The fourth-order valence-electron chi connectivity index (χ4n) is 2.59. The van der Waals surface area contributed by atoms with Crippen LogP contribution in [-0.2, 0) is 27.3 Å². The number of carbonyl (C=O) groups excluding carboxylic acids is 1. The Balaban J connectivity index is 1.64. The summed E-state index contributed by atoms with van der Waals surface area (Å²) in [6.07, 6.45) is -1.62. The molecule has 2 aromatic carbocycles.